The Morgan fingerprint density at radius 1 is 1.41 bits per heavy atom. The number of fused-ring (bicyclic) bond motifs is 1. The SMILES string of the molecule is CC(C)c1nc2c(C(O)C(=O)O)cccc2s1. The first-order chi connectivity index (χ1) is 8.00. The molecule has 0 saturated heterocycles. The van der Waals surface area contributed by atoms with Gasteiger partial charge in [0.25, 0.3) is 0 Å². The van der Waals surface area contributed by atoms with Gasteiger partial charge in [0.15, 0.2) is 6.10 Å². The molecule has 0 fully saturated rings. The molecule has 1 aromatic carbocycles. The number of aliphatic hydroxyl groups is 1. The first-order valence-electron chi connectivity index (χ1n) is 5.31. The zero-order valence-electron chi connectivity index (χ0n) is 9.54. The average molecular weight is 251 g/mol. The van der Waals surface area contributed by atoms with E-state index < -0.39 is 12.1 Å². The number of benzene rings is 1. The number of hydrogen-bond donors (Lipinski definition) is 2. The molecule has 0 bridgehead atoms. The predicted octanol–water partition coefficient (Wildman–Crippen LogP) is 2.54. The summed E-state index contributed by atoms with van der Waals surface area (Å²) >= 11 is 1.53. The largest absolute Gasteiger partial charge is 0.479 e. The maximum Gasteiger partial charge on any atom is 0.337 e. The van der Waals surface area contributed by atoms with E-state index in [1.54, 1.807) is 12.1 Å². The van der Waals surface area contributed by atoms with Gasteiger partial charge in [-0.05, 0) is 6.07 Å². The molecule has 17 heavy (non-hydrogen) atoms. The van der Waals surface area contributed by atoms with Gasteiger partial charge in [0.05, 0.1) is 15.2 Å². The Morgan fingerprint density at radius 3 is 2.71 bits per heavy atom. The van der Waals surface area contributed by atoms with Crippen molar-refractivity contribution in [3.05, 3.63) is 28.8 Å². The van der Waals surface area contributed by atoms with Crippen LogP contribution in [-0.2, 0) is 4.79 Å². The average Bonchev–Trinajstić information content (AvgIpc) is 2.71. The molecule has 1 heterocycles. The van der Waals surface area contributed by atoms with E-state index in [2.05, 4.69) is 4.98 Å². The molecule has 1 aromatic heterocycles. The number of aliphatic carboxylic acids is 1. The van der Waals surface area contributed by atoms with Gasteiger partial charge in [0, 0.05) is 11.5 Å². The lowest BCUT2D eigenvalue weighted by atomic mass is 10.1. The minimum atomic E-state index is -1.51. The highest BCUT2D eigenvalue weighted by Crippen LogP contribution is 2.31. The third-order valence-corrected chi connectivity index (χ3v) is 3.81. The van der Waals surface area contributed by atoms with Crippen molar-refractivity contribution in [2.75, 3.05) is 0 Å². The molecule has 5 heteroatoms. The lowest BCUT2D eigenvalue weighted by Gasteiger charge is -2.05. The molecule has 0 radical (unpaired) electrons. The number of carbonyl (C=O) groups is 1. The number of carboxylic acid groups (broad SMARTS) is 1. The molecule has 0 saturated carbocycles. The Labute approximate surface area is 103 Å². The van der Waals surface area contributed by atoms with Crippen LogP contribution in [-0.4, -0.2) is 21.2 Å². The molecule has 0 aliphatic carbocycles. The fourth-order valence-electron chi connectivity index (χ4n) is 1.59. The van der Waals surface area contributed by atoms with Gasteiger partial charge >= 0.3 is 5.97 Å². The lowest BCUT2D eigenvalue weighted by molar-refractivity contribution is -0.146. The topological polar surface area (TPSA) is 70.4 Å². The minimum absolute atomic E-state index is 0.294. The van der Waals surface area contributed by atoms with Crippen molar-refractivity contribution < 1.29 is 15.0 Å². The van der Waals surface area contributed by atoms with Crippen LogP contribution >= 0.6 is 11.3 Å². The maximum atomic E-state index is 10.8. The van der Waals surface area contributed by atoms with Crippen molar-refractivity contribution in [3.8, 4) is 0 Å². The van der Waals surface area contributed by atoms with E-state index in [1.165, 1.54) is 11.3 Å². The van der Waals surface area contributed by atoms with Crippen LogP contribution in [0.15, 0.2) is 18.2 Å². The van der Waals surface area contributed by atoms with Crippen molar-refractivity contribution in [1.82, 2.24) is 4.98 Å². The summed E-state index contributed by atoms with van der Waals surface area (Å²) < 4.78 is 0.909. The van der Waals surface area contributed by atoms with E-state index in [-0.39, 0.29) is 0 Å². The third-order valence-electron chi connectivity index (χ3n) is 2.49. The lowest BCUT2D eigenvalue weighted by Crippen LogP contribution is -2.10. The minimum Gasteiger partial charge on any atom is -0.479 e. The number of rotatable bonds is 3. The summed E-state index contributed by atoms with van der Waals surface area (Å²) in [5.41, 5.74) is 0.953. The zero-order chi connectivity index (χ0) is 12.6. The highest BCUT2D eigenvalue weighted by molar-refractivity contribution is 7.18. The van der Waals surface area contributed by atoms with Crippen LogP contribution in [0.25, 0.3) is 10.2 Å². The van der Waals surface area contributed by atoms with E-state index in [0.29, 0.717) is 17.0 Å². The molecule has 4 nitrogen and oxygen atoms in total. The molecule has 0 amide bonds. The molecule has 1 unspecified atom stereocenters. The van der Waals surface area contributed by atoms with Gasteiger partial charge in [0.1, 0.15) is 0 Å². The number of hydrogen-bond acceptors (Lipinski definition) is 4. The van der Waals surface area contributed by atoms with Gasteiger partial charge in [-0.1, -0.05) is 26.0 Å². The quantitative estimate of drug-likeness (QED) is 0.879. The number of nitrogens with zero attached hydrogens (tertiary/aromatic N) is 1. The highest BCUT2D eigenvalue weighted by Gasteiger charge is 2.20. The number of thiazole rings is 1. The monoisotopic (exact) mass is 251 g/mol. The van der Waals surface area contributed by atoms with Crippen LogP contribution in [0.4, 0.5) is 0 Å². The second kappa shape index (κ2) is 4.43. The molecule has 0 aliphatic rings. The zero-order valence-corrected chi connectivity index (χ0v) is 10.4. The Morgan fingerprint density at radius 2 is 2.12 bits per heavy atom. The molecular weight excluding hydrogens is 238 g/mol. The second-order valence-electron chi connectivity index (χ2n) is 4.14. The molecule has 1 atom stereocenters. The van der Waals surface area contributed by atoms with E-state index in [0.717, 1.165) is 9.71 Å². The second-order valence-corrected chi connectivity index (χ2v) is 5.20. The molecule has 0 aliphatic heterocycles. The van der Waals surface area contributed by atoms with Crippen LogP contribution in [0.5, 0.6) is 0 Å². The highest BCUT2D eigenvalue weighted by atomic mass is 32.1. The summed E-state index contributed by atoms with van der Waals surface area (Å²) in [7, 11) is 0. The number of carboxylic acids is 1. The molecule has 2 N–H and O–H groups in total. The normalized spacial score (nSPS) is 13.2. The van der Waals surface area contributed by atoms with Gasteiger partial charge in [-0.25, -0.2) is 9.78 Å². The summed E-state index contributed by atoms with van der Waals surface area (Å²) in [4.78, 5) is 15.2. The van der Waals surface area contributed by atoms with E-state index >= 15 is 0 Å². The molecule has 0 spiro atoms. The van der Waals surface area contributed by atoms with E-state index in [4.69, 9.17) is 5.11 Å². The smallest absolute Gasteiger partial charge is 0.337 e. The van der Waals surface area contributed by atoms with Crippen LogP contribution in [0.3, 0.4) is 0 Å². The maximum absolute atomic E-state index is 10.8. The van der Waals surface area contributed by atoms with Crippen molar-refractivity contribution in [2.24, 2.45) is 0 Å². The van der Waals surface area contributed by atoms with Gasteiger partial charge < -0.3 is 10.2 Å². The van der Waals surface area contributed by atoms with Crippen LogP contribution in [0.1, 0.15) is 36.4 Å². The Bertz CT molecular complexity index is 562. The number of aromatic nitrogens is 1. The van der Waals surface area contributed by atoms with Gasteiger partial charge in [0.2, 0.25) is 0 Å². The Kier molecular flexibility index (Phi) is 3.13. The Balaban J connectivity index is 2.60. The van der Waals surface area contributed by atoms with Gasteiger partial charge in [-0.3, -0.25) is 0 Å². The molecule has 90 valence electrons. The predicted molar refractivity (Wildman–Crippen MR) is 66.3 cm³/mol. The summed E-state index contributed by atoms with van der Waals surface area (Å²) in [6, 6.07) is 5.23. The molecule has 2 aromatic rings. The summed E-state index contributed by atoms with van der Waals surface area (Å²) in [6.45, 7) is 4.07. The summed E-state index contributed by atoms with van der Waals surface area (Å²) in [6.07, 6.45) is -1.51. The first-order valence-corrected chi connectivity index (χ1v) is 6.12. The Hall–Kier alpha value is -1.46. The van der Waals surface area contributed by atoms with Crippen molar-refractivity contribution in [3.63, 3.8) is 0 Å². The molecular formula is C12H13NO3S. The third kappa shape index (κ3) is 2.16. The standard InChI is InChI=1S/C12H13NO3S/c1-6(2)11-13-9-7(10(14)12(15)16)4-3-5-8(9)17-11/h3-6,10,14H,1-2H3,(H,15,16). The fourth-order valence-corrected chi connectivity index (χ4v) is 2.59. The number of para-hydroxylation sites is 1. The van der Waals surface area contributed by atoms with Crippen molar-refractivity contribution in [2.45, 2.75) is 25.9 Å². The van der Waals surface area contributed by atoms with Gasteiger partial charge in [-0.15, -0.1) is 11.3 Å². The van der Waals surface area contributed by atoms with E-state index in [9.17, 15) is 9.90 Å². The van der Waals surface area contributed by atoms with Crippen molar-refractivity contribution >= 4 is 27.5 Å². The summed E-state index contributed by atoms with van der Waals surface area (Å²) in [5, 5.41) is 19.4. The van der Waals surface area contributed by atoms with E-state index in [1.807, 2.05) is 19.9 Å². The first kappa shape index (κ1) is 12.0. The fraction of sp³-hybridized carbons (Fsp3) is 0.333. The van der Waals surface area contributed by atoms with Gasteiger partial charge in [-0.2, -0.15) is 0 Å². The number of aliphatic hydroxyl groups excluding tert-OH is 1. The van der Waals surface area contributed by atoms with Crippen molar-refractivity contribution in [1.29, 1.82) is 0 Å². The van der Waals surface area contributed by atoms with Crippen LogP contribution in [0, 0.1) is 0 Å². The van der Waals surface area contributed by atoms with Crippen LogP contribution < -0.4 is 0 Å². The summed E-state index contributed by atoms with van der Waals surface area (Å²) in [5.74, 6) is -0.959. The molecule has 2 rings (SSSR count). The van der Waals surface area contributed by atoms with Crippen LogP contribution in [0.2, 0.25) is 0 Å².